The Hall–Kier alpha value is -3.27. The van der Waals surface area contributed by atoms with Gasteiger partial charge in [0, 0.05) is 30.8 Å². The van der Waals surface area contributed by atoms with Crippen LogP contribution in [0, 0.1) is 0 Å². The van der Waals surface area contributed by atoms with E-state index in [-0.39, 0.29) is 16.5 Å². The van der Waals surface area contributed by atoms with Crippen molar-refractivity contribution in [1.82, 2.24) is 14.8 Å². The summed E-state index contributed by atoms with van der Waals surface area (Å²) in [4.78, 5) is 16.4. The fraction of sp³-hybridized carbons (Fsp3) is 0.318. The summed E-state index contributed by atoms with van der Waals surface area (Å²) in [5, 5.41) is 6.84. The molecule has 5 rings (SSSR count). The van der Waals surface area contributed by atoms with Gasteiger partial charge in [0.2, 0.25) is 0 Å². The number of benzene rings is 1. The molecule has 2 aliphatic rings. The highest BCUT2D eigenvalue weighted by molar-refractivity contribution is 6.33. The van der Waals surface area contributed by atoms with Gasteiger partial charge in [-0.2, -0.15) is 23.0 Å². The summed E-state index contributed by atoms with van der Waals surface area (Å²) in [6.07, 6.45) is 2.32. The number of hydrogen-bond donors (Lipinski definition) is 1. The molecule has 0 radical (unpaired) electrons. The molecule has 1 aliphatic carbocycles. The molecule has 172 valence electrons. The van der Waals surface area contributed by atoms with Crippen LogP contribution in [-0.2, 0) is 6.18 Å². The summed E-state index contributed by atoms with van der Waals surface area (Å²) < 4.78 is 51.2. The minimum absolute atomic E-state index is 0.0812. The van der Waals surface area contributed by atoms with Crippen molar-refractivity contribution in [3.8, 4) is 17.3 Å². The van der Waals surface area contributed by atoms with Crippen LogP contribution in [0.2, 0.25) is 5.02 Å². The number of aromatic nitrogens is 3. The summed E-state index contributed by atoms with van der Waals surface area (Å²) >= 11 is 6.24. The summed E-state index contributed by atoms with van der Waals surface area (Å²) in [7, 11) is 0. The van der Waals surface area contributed by atoms with Crippen molar-refractivity contribution in [1.29, 1.82) is 0 Å². The van der Waals surface area contributed by atoms with Crippen LogP contribution in [0.3, 0.4) is 0 Å². The molecule has 1 saturated carbocycles. The Balaban J connectivity index is 1.37. The number of ether oxygens (including phenoxy) is 2. The zero-order chi connectivity index (χ0) is 23.2. The van der Waals surface area contributed by atoms with Crippen molar-refractivity contribution in [3.63, 3.8) is 0 Å². The third-order valence-corrected chi connectivity index (χ3v) is 6.01. The summed E-state index contributed by atoms with van der Waals surface area (Å²) in [6, 6.07) is 7.19. The molecule has 0 unspecified atom stereocenters. The van der Waals surface area contributed by atoms with E-state index in [4.69, 9.17) is 21.1 Å². The van der Waals surface area contributed by atoms with E-state index in [1.807, 2.05) is 0 Å². The number of nitrogens with one attached hydrogen (secondary N) is 1. The standard InChI is InChI=1S/C22H18ClF3N4O3/c23-19-15(12-28-30(20(19)31)18-7-4-13(11-27-18)22(24,25)26)29-14-5-6-16-17(10-14)33-21(32-16)8-2-1-3-9-21/h4-7,10-12,29H,1-3,8-9H2. The molecule has 1 N–H and O–H groups in total. The number of rotatable bonds is 3. The fourth-order valence-electron chi connectivity index (χ4n) is 3.98. The van der Waals surface area contributed by atoms with E-state index < -0.39 is 23.1 Å². The maximum atomic E-state index is 12.7. The lowest BCUT2D eigenvalue weighted by atomic mass is 9.94. The average molecular weight is 479 g/mol. The number of pyridine rings is 1. The number of anilines is 2. The second-order valence-electron chi connectivity index (χ2n) is 7.95. The molecule has 0 amide bonds. The largest absolute Gasteiger partial charge is 0.448 e. The number of nitrogens with zero attached hydrogens (tertiary/aromatic N) is 3. The van der Waals surface area contributed by atoms with Gasteiger partial charge >= 0.3 is 6.18 Å². The molecule has 1 spiro atoms. The van der Waals surface area contributed by atoms with E-state index >= 15 is 0 Å². The van der Waals surface area contributed by atoms with E-state index in [1.165, 1.54) is 6.20 Å². The molecule has 2 aromatic heterocycles. The third kappa shape index (κ3) is 4.10. The Kier molecular flexibility index (Phi) is 5.19. The second kappa shape index (κ2) is 7.95. The predicted octanol–water partition coefficient (Wildman–Crippen LogP) is 5.47. The van der Waals surface area contributed by atoms with E-state index in [0.29, 0.717) is 23.4 Å². The lowest BCUT2D eigenvalue weighted by Gasteiger charge is -2.31. The first-order valence-electron chi connectivity index (χ1n) is 10.3. The van der Waals surface area contributed by atoms with Crippen LogP contribution in [0.15, 0.2) is 47.5 Å². The molecule has 3 heterocycles. The highest BCUT2D eigenvalue weighted by Gasteiger charge is 2.42. The summed E-state index contributed by atoms with van der Waals surface area (Å²) in [6.45, 7) is 0. The summed E-state index contributed by atoms with van der Waals surface area (Å²) in [5.41, 5.74) is -0.813. The van der Waals surface area contributed by atoms with Gasteiger partial charge in [0.1, 0.15) is 5.02 Å². The molecule has 0 bridgehead atoms. The van der Waals surface area contributed by atoms with Gasteiger partial charge in [-0.15, -0.1) is 0 Å². The van der Waals surface area contributed by atoms with Crippen LogP contribution in [0.4, 0.5) is 24.5 Å². The zero-order valence-electron chi connectivity index (χ0n) is 17.2. The van der Waals surface area contributed by atoms with Gasteiger partial charge in [-0.25, -0.2) is 4.98 Å². The maximum Gasteiger partial charge on any atom is 0.417 e. The van der Waals surface area contributed by atoms with Gasteiger partial charge in [0.25, 0.3) is 11.3 Å². The predicted molar refractivity (Wildman–Crippen MR) is 114 cm³/mol. The van der Waals surface area contributed by atoms with E-state index in [9.17, 15) is 18.0 Å². The SMILES string of the molecule is O=c1c(Cl)c(Nc2ccc3c(c2)OC2(CCCCC2)O3)cnn1-c1ccc(C(F)(F)F)cn1. The lowest BCUT2D eigenvalue weighted by Crippen LogP contribution is -2.40. The molecule has 33 heavy (non-hydrogen) atoms. The molecule has 3 aromatic rings. The smallest absolute Gasteiger partial charge is 0.417 e. The Morgan fingerprint density at radius 1 is 1.03 bits per heavy atom. The highest BCUT2D eigenvalue weighted by Crippen LogP contribution is 2.46. The number of alkyl halides is 3. The van der Waals surface area contributed by atoms with Crippen LogP contribution in [0.1, 0.15) is 37.7 Å². The molecule has 0 saturated heterocycles. The Labute approximate surface area is 191 Å². The quantitative estimate of drug-likeness (QED) is 0.537. The summed E-state index contributed by atoms with van der Waals surface area (Å²) in [5.74, 6) is 0.583. The zero-order valence-corrected chi connectivity index (χ0v) is 17.9. The molecule has 1 aromatic carbocycles. The van der Waals surface area contributed by atoms with Crippen LogP contribution in [-0.4, -0.2) is 20.6 Å². The topological polar surface area (TPSA) is 78.3 Å². The second-order valence-corrected chi connectivity index (χ2v) is 8.33. The lowest BCUT2D eigenvalue weighted by molar-refractivity contribution is -0.137. The molecule has 0 atom stereocenters. The van der Waals surface area contributed by atoms with E-state index in [1.54, 1.807) is 18.2 Å². The minimum Gasteiger partial charge on any atom is -0.448 e. The average Bonchev–Trinajstić information content (AvgIpc) is 3.13. The molecular formula is C22H18ClF3N4O3. The van der Waals surface area contributed by atoms with Gasteiger partial charge in [-0.3, -0.25) is 4.79 Å². The van der Waals surface area contributed by atoms with Crippen LogP contribution in [0.25, 0.3) is 5.82 Å². The van der Waals surface area contributed by atoms with Gasteiger partial charge < -0.3 is 14.8 Å². The highest BCUT2D eigenvalue weighted by atomic mass is 35.5. The molecular weight excluding hydrogens is 461 g/mol. The van der Waals surface area contributed by atoms with Crippen molar-refractivity contribution < 1.29 is 22.6 Å². The van der Waals surface area contributed by atoms with Crippen LogP contribution in [0.5, 0.6) is 11.5 Å². The number of halogens is 4. The Morgan fingerprint density at radius 2 is 1.79 bits per heavy atom. The number of fused-ring (bicyclic) bond motifs is 1. The third-order valence-electron chi connectivity index (χ3n) is 5.64. The van der Waals surface area contributed by atoms with E-state index in [2.05, 4.69) is 15.4 Å². The molecule has 1 aliphatic heterocycles. The van der Waals surface area contributed by atoms with Gasteiger partial charge in [0.05, 0.1) is 17.4 Å². The Morgan fingerprint density at radius 3 is 2.48 bits per heavy atom. The Bertz CT molecular complexity index is 1260. The van der Waals surface area contributed by atoms with Crippen LogP contribution < -0.4 is 20.3 Å². The van der Waals surface area contributed by atoms with Gasteiger partial charge in [-0.05, 0) is 37.1 Å². The fourth-order valence-corrected chi connectivity index (χ4v) is 4.16. The monoisotopic (exact) mass is 478 g/mol. The molecule has 7 nitrogen and oxygen atoms in total. The van der Waals surface area contributed by atoms with Crippen molar-refractivity contribution in [3.05, 3.63) is 63.7 Å². The van der Waals surface area contributed by atoms with E-state index in [0.717, 1.165) is 48.9 Å². The number of hydrogen-bond acceptors (Lipinski definition) is 6. The normalized spacial score (nSPS) is 16.7. The van der Waals surface area contributed by atoms with Crippen molar-refractivity contribution >= 4 is 23.0 Å². The molecule has 1 fully saturated rings. The van der Waals surface area contributed by atoms with Gasteiger partial charge in [-0.1, -0.05) is 18.0 Å². The first-order valence-corrected chi connectivity index (χ1v) is 10.7. The minimum atomic E-state index is -4.53. The van der Waals surface area contributed by atoms with Crippen molar-refractivity contribution in [2.45, 2.75) is 44.1 Å². The van der Waals surface area contributed by atoms with Crippen LogP contribution >= 0.6 is 11.6 Å². The molecule has 11 heteroatoms. The van der Waals surface area contributed by atoms with Crippen molar-refractivity contribution in [2.75, 3.05) is 5.32 Å². The maximum absolute atomic E-state index is 12.7. The first-order chi connectivity index (χ1) is 15.7. The van der Waals surface area contributed by atoms with Gasteiger partial charge in [0.15, 0.2) is 17.3 Å². The first kappa shape index (κ1) is 21.6. The van der Waals surface area contributed by atoms with Crippen molar-refractivity contribution in [2.24, 2.45) is 0 Å².